The summed E-state index contributed by atoms with van der Waals surface area (Å²) in [5, 5.41) is 11.4. The zero-order valence-corrected chi connectivity index (χ0v) is 13.4. The molecule has 0 saturated heterocycles. The van der Waals surface area contributed by atoms with Crippen molar-refractivity contribution in [3.8, 4) is 0 Å². The normalized spacial score (nSPS) is 12.3. The van der Waals surface area contributed by atoms with E-state index >= 15 is 0 Å². The molecule has 0 saturated carbocycles. The molecule has 3 aromatic rings. The number of halogens is 2. The molecule has 5 nitrogen and oxygen atoms in total. The van der Waals surface area contributed by atoms with Crippen LogP contribution in [0, 0.1) is 0 Å². The Labute approximate surface area is 139 Å². The number of carboxylic acids is 1. The van der Waals surface area contributed by atoms with Crippen LogP contribution in [-0.4, -0.2) is 26.0 Å². The summed E-state index contributed by atoms with van der Waals surface area (Å²) >= 11 is 9.06. The van der Waals surface area contributed by atoms with E-state index in [1.54, 1.807) is 12.3 Å². The maximum absolute atomic E-state index is 11.7. The molecule has 0 aliphatic heterocycles. The van der Waals surface area contributed by atoms with Crippen molar-refractivity contribution < 1.29 is 9.90 Å². The summed E-state index contributed by atoms with van der Waals surface area (Å²) in [6, 6.07) is 9.36. The topological polar surface area (TPSA) is 76.0 Å². The Hall–Kier alpha value is -2.05. The Kier molecular flexibility index (Phi) is 4.04. The average molecular weight is 379 g/mol. The van der Waals surface area contributed by atoms with Gasteiger partial charge in [-0.25, -0.2) is 9.97 Å². The van der Waals surface area contributed by atoms with Gasteiger partial charge < -0.3 is 5.11 Å². The molecule has 22 heavy (non-hydrogen) atoms. The van der Waals surface area contributed by atoms with Crippen LogP contribution in [-0.2, 0) is 4.79 Å². The van der Waals surface area contributed by atoms with Crippen LogP contribution in [0.5, 0.6) is 0 Å². The van der Waals surface area contributed by atoms with Crippen LogP contribution in [0.2, 0.25) is 5.28 Å². The average Bonchev–Trinajstić information content (AvgIpc) is 2.50. The molecule has 0 radical (unpaired) electrons. The molecule has 7 heteroatoms. The maximum atomic E-state index is 11.7. The third-order valence-electron chi connectivity index (χ3n) is 3.21. The molecule has 0 fully saturated rings. The first kappa shape index (κ1) is 14.9. The van der Waals surface area contributed by atoms with Gasteiger partial charge >= 0.3 is 5.97 Å². The molecule has 2 heterocycles. The molecule has 0 bridgehead atoms. The highest BCUT2D eigenvalue weighted by atomic mass is 79.9. The molecule has 0 aliphatic rings. The largest absolute Gasteiger partial charge is 0.480 e. The Morgan fingerprint density at radius 2 is 1.91 bits per heavy atom. The smallest absolute Gasteiger partial charge is 0.318 e. The van der Waals surface area contributed by atoms with Crippen molar-refractivity contribution in [3.05, 3.63) is 63.9 Å². The van der Waals surface area contributed by atoms with Crippen LogP contribution in [0.4, 0.5) is 0 Å². The molecule has 0 spiro atoms. The summed E-state index contributed by atoms with van der Waals surface area (Å²) < 4.78 is 0.472. The molecule has 0 aliphatic carbocycles. The zero-order chi connectivity index (χ0) is 15.7. The van der Waals surface area contributed by atoms with Gasteiger partial charge in [0, 0.05) is 17.8 Å². The summed E-state index contributed by atoms with van der Waals surface area (Å²) in [4.78, 5) is 23.9. The molecular weight excluding hydrogens is 370 g/mol. The molecule has 2 aromatic heterocycles. The van der Waals surface area contributed by atoms with Gasteiger partial charge in [-0.2, -0.15) is 0 Å². The lowest BCUT2D eigenvalue weighted by Gasteiger charge is -2.13. The van der Waals surface area contributed by atoms with Crippen molar-refractivity contribution in [1.29, 1.82) is 0 Å². The number of carbonyl (C=O) groups is 1. The van der Waals surface area contributed by atoms with Gasteiger partial charge in [0.25, 0.3) is 0 Å². The van der Waals surface area contributed by atoms with E-state index in [0.717, 1.165) is 10.8 Å². The van der Waals surface area contributed by atoms with Gasteiger partial charge in [0.2, 0.25) is 5.28 Å². The molecule has 1 unspecified atom stereocenters. The summed E-state index contributed by atoms with van der Waals surface area (Å²) in [5.74, 6) is -2.09. The minimum absolute atomic E-state index is 0.00904. The van der Waals surface area contributed by atoms with E-state index in [4.69, 9.17) is 11.6 Å². The minimum Gasteiger partial charge on any atom is -0.480 e. The highest BCUT2D eigenvalue weighted by molar-refractivity contribution is 9.10. The second-order valence-electron chi connectivity index (χ2n) is 4.60. The second-order valence-corrected chi connectivity index (χ2v) is 5.79. The lowest BCUT2D eigenvalue weighted by atomic mass is 9.99. The van der Waals surface area contributed by atoms with Gasteiger partial charge in [-0.15, -0.1) is 0 Å². The number of hydrogen-bond donors (Lipinski definition) is 1. The number of benzene rings is 1. The van der Waals surface area contributed by atoms with Crippen LogP contribution < -0.4 is 0 Å². The Balaban J connectivity index is 2.17. The van der Waals surface area contributed by atoms with Crippen LogP contribution in [0.25, 0.3) is 10.8 Å². The van der Waals surface area contributed by atoms with E-state index in [1.165, 1.54) is 6.20 Å². The van der Waals surface area contributed by atoms with Crippen molar-refractivity contribution in [1.82, 2.24) is 15.0 Å². The number of rotatable bonds is 3. The number of pyridine rings is 1. The number of aliphatic carboxylic acids is 1. The quantitative estimate of drug-likeness (QED) is 0.704. The number of hydrogen-bond acceptors (Lipinski definition) is 4. The first-order chi connectivity index (χ1) is 10.6. The minimum atomic E-state index is -1.06. The predicted molar refractivity (Wildman–Crippen MR) is 86.0 cm³/mol. The van der Waals surface area contributed by atoms with E-state index in [0.29, 0.717) is 10.2 Å². The van der Waals surface area contributed by atoms with Crippen molar-refractivity contribution in [3.63, 3.8) is 0 Å². The van der Waals surface area contributed by atoms with E-state index in [-0.39, 0.29) is 11.0 Å². The van der Waals surface area contributed by atoms with E-state index in [9.17, 15) is 9.90 Å². The van der Waals surface area contributed by atoms with E-state index in [1.807, 2.05) is 24.3 Å². The molecule has 1 atom stereocenters. The van der Waals surface area contributed by atoms with Gasteiger partial charge in [0.15, 0.2) is 0 Å². The Morgan fingerprint density at radius 1 is 1.18 bits per heavy atom. The summed E-state index contributed by atoms with van der Waals surface area (Å²) in [5.41, 5.74) is 0.664. The Bertz CT molecular complexity index is 872. The first-order valence-electron chi connectivity index (χ1n) is 6.31. The fourth-order valence-electron chi connectivity index (χ4n) is 2.20. The third kappa shape index (κ3) is 2.80. The van der Waals surface area contributed by atoms with Crippen molar-refractivity contribution in [2.45, 2.75) is 5.92 Å². The van der Waals surface area contributed by atoms with Crippen molar-refractivity contribution in [2.75, 3.05) is 0 Å². The summed E-state index contributed by atoms with van der Waals surface area (Å²) in [7, 11) is 0. The molecule has 110 valence electrons. The fraction of sp³-hybridized carbons (Fsp3) is 0.0667. The van der Waals surface area contributed by atoms with Crippen LogP contribution in [0.3, 0.4) is 0 Å². The van der Waals surface area contributed by atoms with E-state index < -0.39 is 11.9 Å². The predicted octanol–water partition coefficient (Wildman–Crippen LogP) is 3.66. The van der Waals surface area contributed by atoms with E-state index in [2.05, 4.69) is 30.9 Å². The lowest BCUT2D eigenvalue weighted by Crippen LogP contribution is -2.17. The molecular formula is C15H9BrClN3O2. The fourth-order valence-corrected chi connectivity index (χ4v) is 2.76. The van der Waals surface area contributed by atoms with Crippen LogP contribution in [0.1, 0.15) is 17.3 Å². The van der Waals surface area contributed by atoms with Gasteiger partial charge in [-0.1, -0.05) is 24.3 Å². The number of carboxylic acid groups (broad SMARTS) is 1. The zero-order valence-electron chi connectivity index (χ0n) is 11.1. The SMILES string of the molecule is O=C(O)C(c1cc2ccccc2cn1)c1nc(Cl)ncc1Br. The number of aromatic nitrogens is 3. The summed E-state index contributed by atoms with van der Waals surface area (Å²) in [6.07, 6.45) is 3.08. The van der Waals surface area contributed by atoms with Crippen LogP contribution >= 0.6 is 27.5 Å². The highest BCUT2D eigenvalue weighted by Gasteiger charge is 2.28. The second kappa shape index (κ2) is 5.98. The number of nitrogens with zero attached hydrogens (tertiary/aromatic N) is 3. The highest BCUT2D eigenvalue weighted by Crippen LogP contribution is 2.30. The molecule has 1 aromatic carbocycles. The molecule has 3 rings (SSSR count). The molecule has 1 N–H and O–H groups in total. The Morgan fingerprint density at radius 3 is 2.64 bits per heavy atom. The van der Waals surface area contributed by atoms with Crippen LogP contribution in [0.15, 0.2) is 47.2 Å². The van der Waals surface area contributed by atoms with Gasteiger partial charge in [0.05, 0.1) is 15.9 Å². The number of fused-ring (bicyclic) bond motifs is 1. The maximum Gasteiger partial charge on any atom is 0.318 e. The van der Waals surface area contributed by atoms with Gasteiger partial charge in [-0.3, -0.25) is 9.78 Å². The van der Waals surface area contributed by atoms with Crippen molar-refractivity contribution >= 4 is 44.3 Å². The first-order valence-corrected chi connectivity index (χ1v) is 7.49. The third-order valence-corrected chi connectivity index (χ3v) is 4.00. The lowest BCUT2D eigenvalue weighted by molar-refractivity contribution is -0.137. The van der Waals surface area contributed by atoms with Gasteiger partial charge in [0.1, 0.15) is 5.92 Å². The van der Waals surface area contributed by atoms with Gasteiger partial charge in [-0.05, 0) is 39.0 Å². The monoisotopic (exact) mass is 377 g/mol. The summed E-state index contributed by atoms with van der Waals surface area (Å²) in [6.45, 7) is 0. The molecule has 0 amide bonds. The standard InChI is InChI=1S/C15H9BrClN3O2/c16-10-7-19-15(17)20-13(10)12(14(21)22)11-5-8-3-1-2-4-9(8)6-18-11/h1-7,12H,(H,21,22). The van der Waals surface area contributed by atoms with Crippen molar-refractivity contribution in [2.24, 2.45) is 0 Å².